The van der Waals surface area contributed by atoms with E-state index in [0.29, 0.717) is 11.3 Å². The van der Waals surface area contributed by atoms with Crippen LogP contribution in [0.5, 0.6) is 0 Å². The van der Waals surface area contributed by atoms with Crippen molar-refractivity contribution in [3.8, 4) is 0 Å². The lowest BCUT2D eigenvalue weighted by atomic mass is 9.93. The molecule has 0 saturated carbocycles. The zero-order chi connectivity index (χ0) is 16.1. The maximum Gasteiger partial charge on any atom is 0.248 e. The highest BCUT2D eigenvalue weighted by atomic mass is 16.2. The molecule has 0 aliphatic carbocycles. The molecule has 112 valence electrons. The number of benzene rings is 2. The second-order valence-electron chi connectivity index (χ2n) is 4.98. The molecular weight excluding hydrogens is 278 g/mol. The van der Waals surface area contributed by atoms with Crippen molar-refractivity contribution < 1.29 is 14.4 Å². The Bertz CT molecular complexity index is 620. The van der Waals surface area contributed by atoms with Gasteiger partial charge in [-0.25, -0.2) is 4.90 Å². The fourth-order valence-corrected chi connectivity index (χ4v) is 2.37. The number of carbonyl (C=O) groups excluding carboxylic acids is 3. The summed E-state index contributed by atoms with van der Waals surface area (Å²) in [5.41, 5.74) is 1.05. The number of imide groups is 1. The van der Waals surface area contributed by atoms with Crippen LogP contribution in [0.25, 0.3) is 0 Å². The predicted molar refractivity (Wildman–Crippen MR) is 84.5 cm³/mol. The second-order valence-corrected chi connectivity index (χ2v) is 4.98. The largest absolute Gasteiger partial charge is 0.299 e. The molecule has 0 fully saturated rings. The van der Waals surface area contributed by atoms with Crippen LogP contribution in [-0.2, 0) is 14.4 Å². The Morgan fingerprint density at radius 3 is 1.77 bits per heavy atom. The molecule has 4 heteroatoms. The van der Waals surface area contributed by atoms with Gasteiger partial charge >= 0.3 is 0 Å². The molecule has 0 saturated heterocycles. The van der Waals surface area contributed by atoms with Crippen LogP contribution in [0.15, 0.2) is 60.7 Å². The van der Waals surface area contributed by atoms with Gasteiger partial charge in [0.1, 0.15) is 11.7 Å². The number of ketones is 1. The average molecular weight is 295 g/mol. The normalized spacial score (nSPS) is 11.5. The SMILES string of the molecule is CC(=O)C(C(=O)N(C(C)=O)c1ccccc1)c1ccccc1. The summed E-state index contributed by atoms with van der Waals surface area (Å²) >= 11 is 0. The first-order chi connectivity index (χ1) is 10.5. The maximum absolute atomic E-state index is 12.8. The minimum absolute atomic E-state index is 0.293. The minimum Gasteiger partial charge on any atom is -0.299 e. The van der Waals surface area contributed by atoms with Gasteiger partial charge in [0.05, 0.1) is 5.69 Å². The topological polar surface area (TPSA) is 54.5 Å². The van der Waals surface area contributed by atoms with E-state index in [-0.39, 0.29) is 5.78 Å². The molecule has 2 aromatic carbocycles. The molecule has 2 aromatic rings. The lowest BCUT2D eigenvalue weighted by molar-refractivity contribution is -0.130. The average Bonchev–Trinajstić information content (AvgIpc) is 2.49. The molecule has 1 unspecified atom stereocenters. The number of carbonyl (C=O) groups is 3. The number of para-hydroxylation sites is 1. The number of hydrogen-bond acceptors (Lipinski definition) is 3. The van der Waals surface area contributed by atoms with E-state index in [9.17, 15) is 14.4 Å². The lowest BCUT2D eigenvalue weighted by Gasteiger charge is -2.24. The third-order valence-electron chi connectivity index (χ3n) is 3.34. The van der Waals surface area contributed by atoms with Crippen LogP contribution in [0, 0.1) is 0 Å². The summed E-state index contributed by atoms with van der Waals surface area (Å²) in [7, 11) is 0. The van der Waals surface area contributed by atoms with Gasteiger partial charge in [-0.05, 0) is 24.6 Å². The molecule has 0 N–H and O–H groups in total. The van der Waals surface area contributed by atoms with Gasteiger partial charge in [0.25, 0.3) is 0 Å². The zero-order valence-corrected chi connectivity index (χ0v) is 12.5. The molecule has 2 amide bonds. The first-order valence-electron chi connectivity index (χ1n) is 6.97. The molecule has 1 atom stereocenters. The van der Waals surface area contributed by atoms with E-state index < -0.39 is 17.7 Å². The standard InChI is InChI=1S/C18H17NO3/c1-13(20)17(15-9-5-3-6-10-15)18(22)19(14(2)21)16-11-7-4-8-12-16/h3-12,17H,1-2H3. The third-order valence-corrected chi connectivity index (χ3v) is 3.34. The summed E-state index contributed by atoms with van der Waals surface area (Å²) in [6, 6.07) is 17.4. The molecule has 0 bridgehead atoms. The molecule has 22 heavy (non-hydrogen) atoms. The van der Waals surface area contributed by atoms with Crippen molar-refractivity contribution in [1.82, 2.24) is 0 Å². The third kappa shape index (κ3) is 3.28. The maximum atomic E-state index is 12.8. The molecule has 2 rings (SSSR count). The molecular formula is C18H17NO3. The molecule has 0 aliphatic heterocycles. The minimum atomic E-state index is -0.981. The molecule has 0 aromatic heterocycles. The molecule has 0 aliphatic rings. The van der Waals surface area contributed by atoms with Gasteiger partial charge in [0.2, 0.25) is 11.8 Å². The van der Waals surface area contributed by atoms with Crippen molar-refractivity contribution in [3.05, 3.63) is 66.2 Å². The lowest BCUT2D eigenvalue weighted by Crippen LogP contribution is -2.40. The van der Waals surface area contributed by atoms with Crippen molar-refractivity contribution >= 4 is 23.3 Å². The van der Waals surface area contributed by atoms with Crippen LogP contribution in [0.3, 0.4) is 0 Å². The Kier molecular flexibility index (Phi) is 4.84. The summed E-state index contributed by atoms with van der Waals surface area (Å²) in [6.07, 6.45) is 0. The fourth-order valence-electron chi connectivity index (χ4n) is 2.37. The van der Waals surface area contributed by atoms with Crippen molar-refractivity contribution in [1.29, 1.82) is 0 Å². The molecule has 4 nitrogen and oxygen atoms in total. The Hall–Kier alpha value is -2.75. The Labute approximate surface area is 129 Å². The van der Waals surface area contributed by atoms with Crippen LogP contribution in [0.4, 0.5) is 5.69 Å². The Morgan fingerprint density at radius 1 is 0.818 bits per heavy atom. The van der Waals surface area contributed by atoms with E-state index >= 15 is 0 Å². The van der Waals surface area contributed by atoms with E-state index in [0.717, 1.165) is 4.90 Å². The van der Waals surface area contributed by atoms with E-state index in [2.05, 4.69) is 0 Å². The highest BCUT2D eigenvalue weighted by Crippen LogP contribution is 2.24. The van der Waals surface area contributed by atoms with Gasteiger partial charge in [0.15, 0.2) is 0 Å². The van der Waals surface area contributed by atoms with Gasteiger partial charge < -0.3 is 0 Å². The fraction of sp³-hybridized carbons (Fsp3) is 0.167. The Balaban J connectivity index is 2.45. The van der Waals surface area contributed by atoms with Crippen LogP contribution < -0.4 is 4.90 Å². The number of amides is 2. The monoisotopic (exact) mass is 295 g/mol. The van der Waals surface area contributed by atoms with Gasteiger partial charge in [-0.3, -0.25) is 14.4 Å². The van der Waals surface area contributed by atoms with E-state index in [4.69, 9.17) is 0 Å². The van der Waals surface area contributed by atoms with Gasteiger partial charge in [-0.1, -0.05) is 48.5 Å². The molecule has 0 radical (unpaired) electrons. The molecule has 0 heterocycles. The van der Waals surface area contributed by atoms with Crippen molar-refractivity contribution in [2.45, 2.75) is 19.8 Å². The number of hydrogen-bond donors (Lipinski definition) is 0. The van der Waals surface area contributed by atoms with E-state index in [1.165, 1.54) is 13.8 Å². The van der Waals surface area contributed by atoms with Crippen molar-refractivity contribution in [2.75, 3.05) is 4.90 Å². The van der Waals surface area contributed by atoms with Crippen LogP contribution >= 0.6 is 0 Å². The number of nitrogens with zero attached hydrogens (tertiary/aromatic N) is 1. The number of anilines is 1. The quantitative estimate of drug-likeness (QED) is 0.815. The van der Waals surface area contributed by atoms with Gasteiger partial charge in [-0.2, -0.15) is 0 Å². The van der Waals surface area contributed by atoms with Crippen molar-refractivity contribution in [2.24, 2.45) is 0 Å². The van der Waals surface area contributed by atoms with Gasteiger partial charge in [0, 0.05) is 6.92 Å². The molecule has 0 spiro atoms. The number of Topliss-reactive ketones (excluding diaryl/α,β-unsaturated/α-hetero) is 1. The zero-order valence-electron chi connectivity index (χ0n) is 12.5. The summed E-state index contributed by atoms with van der Waals surface area (Å²) < 4.78 is 0. The van der Waals surface area contributed by atoms with Crippen LogP contribution in [0.1, 0.15) is 25.3 Å². The summed E-state index contributed by atoms with van der Waals surface area (Å²) in [5, 5.41) is 0. The summed E-state index contributed by atoms with van der Waals surface area (Å²) in [4.78, 5) is 37.8. The van der Waals surface area contributed by atoms with Crippen molar-refractivity contribution in [3.63, 3.8) is 0 Å². The first-order valence-corrected chi connectivity index (χ1v) is 6.97. The van der Waals surface area contributed by atoms with Gasteiger partial charge in [-0.15, -0.1) is 0 Å². The predicted octanol–water partition coefficient (Wildman–Crippen LogP) is 2.94. The van der Waals surface area contributed by atoms with Crippen LogP contribution in [0.2, 0.25) is 0 Å². The van der Waals surface area contributed by atoms with E-state index in [1.54, 1.807) is 54.6 Å². The highest BCUT2D eigenvalue weighted by molar-refractivity contribution is 6.22. The summed E-state index contributed by atoms with van der Waals surface area (Å²) in [5.74, 6) is -2.22. The Morgan fingerprint density at radius 2 is 1.32 bits per heavy atom. The highest BCUT2D eigenvalue weighted by Gasteiger charge is 2.32. The van der Waals surface area contributed by atoms with Crippen LogP contribution in [-0.4, -0.2) is 17.6 Å². The van der Waals surface area contributed by atoms with E-state index in [1.807, 2.05) is 6.07 Å². The second kappa shape index (κ2) is 6.80. The first kappa shape index (κ1) is 15.6. The smallest absolute Gasteiger partial charge is 0.248 e. The number of rotatable bonds is 4. The summed E-state index contributed by atoms with van der Waals surface area (Å²) in [6.45, 7) is 2.67.